The molecule has 1 heterocycles. The lowest BCUT2D eigenvalue weighted by atomic mass is 10.1. The third-order valence-corrected chi connectivity index (χ3v) is 3.86. The highest BCUT2D eigenvalue weighted by molar-refractivity contribution is 6.02. The summed E-state index contributed by atoms with van der Waals surface area (Å²) >= 11 is 0. The van der Waals surface area contributed by atoms with E-state index in [0.29, 0.717) is 0 Å². The zero-order valence-corrected chi connectivity index (χ0v) is 13.9. The lowest BCUT2D eigenvalue weighted by molar-refractivity contribution is 0.417. The Bertz CT molecular complexity index is 843. The van der Waals surface area contributed by atoms with Crippen LogP contribution in [0.4, 0.5) is 17.2 Å². The maximum atomic E-state index is 5.44. The van der Waals surface area contributed by atoms with Crippen molar-refractivity contribution in [3.8, 4) is 5.75 Å². The van der Waals surface area contributed by atoms with Gasteiger partial charge in [0, 0.05) is 24.9 Å². The Morgan fingerprint density at radius 3 is 2.30 bits per heavy atom. The van der Waals surface area contributed by atoms with E-state index in [2.05, 4.69) is 23.5 Å². The normalized spacial score (nSPS) is 10.6. The second-order valence-corrected chi connectivity index (χ2v) is 5.66. The van der Waals surface area contributed by atoms with Crippen molar-refractivity contribution in [2.45, 2.75) is 6.92 Å². The molecular formula is C19H21N3O. The molecule has 3 rings (SSSR count). The highest BCUT2D eigenvalue weighted by atomic mass is 16.5. The molecule has 118 valence electrons. The molecule has 0 bridgehead atoms. The maximum Gasteiger partial charge on any atom is 0.142 e. The molecular weight excluding hydrogens is 286 g/mol. The Morgan fingerprint density at radius 1 is 0.957 bits per heavy atom. The van der Waals surface area contributed by atoms with Crippen molar-refractivity contribution in [2.75, 3.05) is 31.4 Å². The Balaban J connectivity index is 2.18. The number of aromatic nitrogens is 1. The van der Waals surface area contributed by atoms with Crippen LogP contribution >= 0.6 is 0 Å². The van der Waals surface area contributed by atoms with Gasteiger partial charge in [-0.15, -0.1) is 0 Å². The van der Waals surface area contributed by atoms with Gasteiger partial charge in [-0.05, 0) is 19.1 Å². The minimum absolute atomic E-state index is 0.813. The summed E-state index contributed by atoms with van der Waals surface area (Å²) in [6.07, 6.45) is 0. The van der Waals surface area contributed by atoms with Crippen LogP contribution in [0, 0.1) is 6.92 Å². The van der Waals surface area contributed by atoms with Gasteiger partial charge in [0.15, 0.2) is 0 Å². The van der Waals surface area contributed by atoms with Gasteiger partial charge in [0.25, 0.3) is 0 Å². The Morgan fingerprint density at radius 2 is 1.61 bits per heavy atom. The summed E-state index contributed by atoms with van der Waals surface area (Å²) in [4.78, 5) is 6.82. The van der Waals surface area contributed by atoms with Crippen molar-refractivity contribution in [1.29, 1.82) is 0 Å². The summed E-state index contributed by atoms with van der Waals surface area (Å²) in [5.41, 5.74) is 2.90. The van der Waals surface area contributed by atoms with Gasteiger partial charge in [0.05, 0.1) is 24.2 Å². The van der Waals surface area contributed by atoms with Gasteiger partial charge < -0.3 is 15.0 Å². The number of fused-ring (bicyclic) bond motifs is 1. The molecule has 4 nitrogen and oxygen atoms in total. The first-order valence-electron chi connectivity index (χ1n) is 7.58. The number of benzene rings is 2. The van der Waals surface area contributed by atoms with Crippen molar-refractivity contribution < 1.29 is 4.74 Å². The molecule has 0 aliphatic rings. The molecule has 3 aromatic rings. The largest absolute Gasteiger partial charge is 0.495 e. The number of ether oxygens (including phenoxy) is 1. The van der Waals surface area contributed by atoms with E-state index in [1.165, 1.54) is 0 Å². The third kappa shape index (κ3) is 2.80. The van der Waals surface area contributed by atoms with Crippen molar-refractivity contribution in [3.63, 3.8) is 0 Å². The first-order chi connectivity index (χ1) is 11.1. The van der Waals surface area contributed by atoms with E-state index in [9.17, 15) is 0 Å². The molecule has 1 aromatic heterocycles. The van der Waals surface area contributed by atoms with E-state index in [1.54, 1.807) is 7.11 Å². The molecule has 0 atom stereocenters. The first-order valence-corrected chi connectivity index (χ1v) is 7.58. The monoisotopic (exact) mass is 307 g/mol. The van der Waals surface area contributed by atoms with Crippen LogP contribution < -0.4 is 15.0 Å². The SMILES string of the molecule is COc1ccccc1Nc1c(C)nc(N(C)C)c2ccccc12. The van der Waals surface area contributed by atoms with E-state index in [0.717, 1.165) is 39.4 Å². The zero-order valence-electron chi connectivity index (χ0n) is 13.9. The number of hydrogen-bond donors (Lipinski definition) is 1. The lowest BCUT2D eigenvalue weighted by Gasteiger charge is -2.20. The van der Waals surface area contributed by atoms with Gasteiger partial charge in [-0.2, -0.15) is 0 Å². The number of anilines is 3. The second kappa shape index (κ2) is 6.16. The zero-order chi connectivity index (χ0) is 16.4. The molecule has 4 heteroatoms. The predicted molar refractivity (Wildman–Crippen MR) is 97.1 cm³/mol. The highest BCUT2D eigenvalue weighted by Gasteiger charge is 2.13. The minimum atomic E-state index is 0.813. The number of methoxy groups -OCH3 is 1. The van der Waals surface area contributed by atoms with Crippen molar-refractivity contribution in [3.05, 3.63) is 54.2 Å². The van der Waals surface area contributed by atoms with Crippen molar-refractivity contribution >= 4 is 28.0 Å². The van der Waals surface area contributed by atoms with Gasteiger partial charge in [-0.3, -0.25) is 0 Å². The third-order valence-electron chi connectivity index (χ3n) is 3.86. The van der Waals surface area contributed by atoms with Crippen LogP contribution in [0.3, 0.4) is 0 Å². The Labute approximate surface area is 136 Å². The molecule has 0 aliphatic carbocycles. The average Bonchev–Trinajstić information content (AvgIpc) is 2.57. The summed E-state index contributed by atoms with van der Waals surface area (Å²) in [5, 5.41) is 5.77. The van der Waals surface area contributed by atoms with Gasteiger partial charge in [-0.25, -0.2) is 4.98 Å². The Hall–Kier alpha value is -2.75. The fourth-order valence-electron chi connectivity index (χ4n) is 2.75. The van der Waals surface area contributed by atoms with Gasteiger partial charge in [0.2, 0.25) is 0 Å². The number of para-hydroxylation sites is 2. The summed E-state index contributed by atoms with van der Waals surface area (Å²) in [5.74, 6) is 1.79. The molecule has 0 radical (unpaired) electrons. The van der Waals surface area contributed by atoms with Crippen molar-refractivity contribution in [1.82, 2.24) is 4.98 Å². The lowest BCUT2D eigenvalue weighted by Crippen LogP contribution is -2.12. The van der Waals surface area contributed by atoms with Crippen LogP contribution in [0.1, 0.15) is 5.69 Å². The van der Waals surface area contributed by atoms with E-state index >= 15 is 0 Å². The molecule has 0 amide bonds. The van der Waals surface area contributed by atoms with Crippen LogP contribution in [0.15, 0.2) is 48.5 Å². The highest BCUT2D eigenvalue weighted by Crippen LogP contribution is 2.35. The molecule has 0 spiro atoms. The smallest absolute Gasteiger partial charge is 0.142 e. The summed E-state index contributed by atoms with van der Waals surface area (Å²) < 4.78 is 5.44. The van der Waals surface area contributed by atoms with Crippen LogP contribution in [0.25, 0.3) is 10.8 Å². The topological polar surface area (TPSA) is 37.4 Å². The summed E-state index contributed by atoms with van der Waals surface area (Å²) in [7, 11) is 5.71. The molecule has 0 unspecified atom stereocenters. The fourth-order valence-corrected chi connectivity index (χ4v) is 2.75. The molecule has 0 saturated carbocycles. The molecule has 23 heavy (non-hydrogen) atoms. The molecule has 0 fully saturated rings. The van der Waals surface area contributed by atoms with E-state index in [1.807, 2.05) is 56.3 Å². The van der Waals surface area contributed by atoms with Gasteiger partial charge in [-0.1, -0.05) is 36.4 Å². The van der Waals surface area contributed by atoms with Crippen LogP contribution in [-0.2, 0) is 0 Å². The van der Waals surface area contributed by atoms with Gasteiger partial charge in [0.1, 0.15) is 11.6 Å². The van der Waals surface area contributed by atoms with Crippen molar-refractivity contribution in [2.24, 2.45) is 0 Å². The standard InChI is InChI=1S/C19H21N3O/c1-13-18(21-16-11-7-8-12-17(16)23-4)14-9-5-6-10-15(14)19(20-13)22(2)3/h5-12,21H,1-4H3. The van der Waals surface area contributed by atoms with E-state index < -0.39 is 0 Å². The number of nitrogens with zero attached hydrogens (tertiary/aromatic N) is 2. The first kappa shape index (κ1) is 15.2. The Kier molecular flexibility index (Phi) is 4.06. The maximum absolute atomic E-state index is 5.44. The predicted octanol–water partition coefficient (Wildman–Crippen LogP) is 4.36. The summed E-state index contributed by atoms with van der Waals surface area (Å²) in [6, 6.07) is 16.2. The number of rotatable bonds is 4. The van der Waals surface area contributed by atoms with E-state index in [4.69, 9.17) is 9.72 Å². The molecule has 2 aromatic carbocycles. The average molecular weight is 307 g/mol. The molecule has 1 N–H and O–H groups in total. The summed E-state index contributed by atoms with van der Waals surface area (Å²) in [6.45, 7) is 2.02. The quantitative estimate of drug-likeness (QED) is 0.777. The van der Waals surface area contributed by atoms with Crippen LogP contribution in [0.2, 0.25) is 0 Å². The fraction of sp³-hybridized carbons (Fsp3) is 0.211. The van der Waals surface area contributed by atoms with Gasteiger partial charge >= 0.3 is 0 Å². The number of pyridine rings is 1. The molecule has 0 aliphatic heterocycles. The second-order valence-electron chi connectivity index (χ2n) is 5.66. The minimum Gasteiger partial charge on any atom is -0.495 e. The van der Waals surface area contributed by atoms with Crippen LogP contribution in [0.5, 0.6) is 5.75 Å². The van der Waals surface area contributed by atoms with Crippen LogP contribution in [-0.4, -0.2) is 26.2 Å². The van der Waals surface area contributed by atoms with E-state index in [-0.39, 0.29) is 0 Å². The number of nitrogens with one attached hydrogen (secondary N) is 1. The molecule has 0 saturated heterocycles. The number of aryl methyl sites for hydroxylation is 1. The number of hydrogen-bond acceptors (Lipinski definition) is 4.